The van der Waals surface area contributed by atoms with E-state index in [1.165, 1.54) is 37.4 Å². The van der Waals surface area contributed by atoms with Gasteiger partial charge < -0.3 is 30.4 Å². The average Bonchev–Trinajstić information content (AvgIpc) is 3.91. The number of aromatic amines is 2. The maximum atomic E-state index is 13.9. The quantitative estimate of drug-likeness (QED) is 0.0893. The Morgan fingerprint density at radius 3 is 1.65 bits per heavy atom. The van der Waals surface area contributed by atoms with Crippen molar-refractivity contribution in [2.75, 3.05) is 48.8 Å². The van der Waals surface area contributed by atoms with Crippen molar-refractivity contribution in [3.05, 3.63) is 102 Å². The van der Waals surface area contributed by atoms with E-state index in [2.05, 4.69) is 60.4 Å². The number of H-pyrrole nitrogens is 2. The van der Waals surface area contributed by atoms with E-state index < -0.39 is 23.5 Å². The molecule has 60 heavy (non-hydrogen) atoms. The molecule has 4 N–H and O–H groups in total. The summed E-state index contributed by atoms with van der Waals surface area (Å²) < 4.78 is 81.4. The minimum absolute atomic E-state index is 0.111. The molecule has 0 bridgehead atoms. The highest BCUT2D eigenvalue weighted by Gasteiger charge is 2.36. The number of likely N-dealkylation sites (N-methyl/N-ethyl adjacent to an activating group) is 1. The fourth-order valence-electron chi connectivity index (χ4n) is 7.06. The maximum absolute atomic E-state index is 13.9. The van der Waals surface area contributed by atoms with E-state index in [1.807, 2.05) is 25.8 Å². The topological polar surface area (TPSA) is 165 Å². The number of halogens is 7. The Morgan fingerprint density at radius 2 is 1.13 bits per heavy atom. The van der Waals surface area contributed by atoms with E-state index in [1.54, 1.807) is 24.3 Å². The summed E-state index contributed by atoms with van der Waals surface area (Å²) in [6.45, 7) is 6.44. The van der Waals surface area contributed by atoms with Gasteiger partial charge >= 0.3 is 12.4 Å². The van der Waals surface area contributed by atoms with Gasteiger partial charge in [-0.2, -0.15) is 26.3 Å². The van der Waals surface area contributed by atoms with Gasteiger partial charge in [-0.05, 0) is 55.9 Å². The summed E-state index contributed by atoms with van der Waals surface area (Å²) in [5, 5.41) is 7.16. The van der Waals surface area contributed by atoms with Crippen molar-refractivity contribution in [1.29, 1.82) is 0 Å². The van der Waals surface area contributed by atoms with Crippen LogP contribution in [0.25, 0.3) is 43.9 Å². The zero-order chi connectivity index (χ0) is 42.3. The first-order valence-corrected chi connectivity index (χ1v) is 19.0. The Bertz CT molecular complexity index is 2820. The highest BCUT2D eigenvalue weighted by atomic mass is 35.5. The van der Waals surface area contributed by atoms with Crippen molar-refractivity contribution in [3.8, 4) is 0 Å². The van der Waals surface area contributed by atoms with Gasteiger partial charge in [0.15, 0.2) is 22.9 Å². The summed E-state index contributed by atoms with van der Waals surface area (Å²) in [4.78, 5) is 43.8. The molecule has 1 aliphatic heterocycles. The minimum Gasteiger partial charge on any atom is -0.360 e. The number of pyridine rings is 2. The van der Waals surface area contributed by atoms with Crippen LogP contribution in [0.15, 0.2) is 73.8 Å². The van der Waals surface area contributed by atoms with Crippen molar-refractivity contribution in [3.63, 3.8) is 0 Å². The number of rotatable bonds is 7. The molecule has 9 rings (SSSR count). The second-order valence-corrected chi connectivity index (χ2v) is 14.5. The Kier molecular flexibility index (Phi) is 10.8. The normalized spacial score (nSPS) is 15.0. The van der Waals surface area contributed by atoms with Gasteiger partial charge in [-0.3, -0.25) is 0 Å². The first kappa shape index (κ1) is 40.4. The fourth-order valence-corrected chi connectivity index (χ4v) is 7.37. The summed E-state index contributed by atoms with van der Waals surface area (Å²) in [6, 6.07) is 10.8. The third kappa shape index (κ3) is 8.11. The molecule has 2 aromatic carbocycles. The number of fused-ring (bicyclic) bond motifs is 4. The van der Waals surface area contributed by atoms with Crippen molar-refractivity contribution < 1.29 is 26.3 Å². The molecule has 0 aliphatic carbocycles. The minimum atomic E-state index is -4.51. The molecule has 0 spiro atoms. The Hall–Kier alpha value is -6.41. The number of nitrogens with zero attached hydrogens (tertiary/aromatic N) is 10. The van der Waals surface area contributed by atoms with Crippen molar-refractivity contribution in [2.45, 2.75) is 38.3 Å². The Balaban J connectivity index is 0.000000170. The van der Waals surface area contributed by atoms with Crippen LogP contribution >= 0.6 is 11.6 Å². The van der Waals surface area contributed by atoms with Gasteiger partial charge in [0.2, 0.25) is 0 Å². The summed E-state index contributed by atoms with van der Waals surface area (Å²) in [5.74, 6) is 1.43. The number of alkyl halides is 6. The molecule has 7 heterocycles. The second-order valence-electron chi connectivity index (χ2n) is 14.2. The Morgan fingerprint density at radius 1 is 0.650 bits per heavy atom. The number of anilines is 3. The van der Waals surface area contributed by atoms with Crippen LogP contribution in [-0.4, -0.2) is 88.0 Å². The number of aromatic nitrogens is 10. The van der Waals surface area contributed by atoms with E-state index in [9.17, 15) is 26.3 Å². The van der Waals surface area contributed by atoms with Gasteiger partial charge in [0, 0.05) is 37.0 Å². The second kappa shape index (κ2) is 16.0. The van der Waals surface area contributed by atoms with Crippen LogP contribution in [-0.2, 0) is 12.4 Å². The highest BCUT2D eigenvalue weighted by Crippen LogP contribution is 2.41. The van der Waals surface area contributed by atoms with Gasteiger partial charge in [-0.1, -0.05) is 35.9 Å². The van der Waals surface area contributed by atoms with Crippen molar-refractivity contribution in [1.82, 2.24) is 54.7 Å². The Labute approximate surface area is 341 Å². The molecular weight excluding hydrogens is 814 g/mol. The van der Waals surface area contributed by atoms with Crippen LogP contribution < -0.4 is 15.5 Å². The first-order chi connectivity index (χ1) is 28.7. The zero-order valence-corrected chi connectivity index (χ0v) is 32.8. The van der Waals surface area contributed by atoms with Crippen LogP contribution in [0, 0.1) is 0 Å². The number of imidazole rings is 2. The molecule has 2 atom stereocenters. The largest absolute Gasteiger partial charge is 0.417 e. The van der Waals surface area contributed by atoms with Gasteiger partial charge in [0.25, 0.3) is 0 Å². The molecule has 1 saturated heterocycles. The third-order valence-electron chi connectivity index (χ3n) is 10.1. The van der Waals surface area contributed by atoms with Gasteiger partial charge in [0.05, 0.1) is 47.3 Å². The van der Waals surface area contributed by atoms with E-state index in [0.717, 1.165) is 25.2 Å². The van der Waals surface area contributed by atoms with E-state index in [4.69, 9.17) is 16.6 Å². The summed E-state index contributed by atoms with van der Waals surface area (Å²) in [5.41, 5.74) is 1.95. The van der Waals surface area contributed by atoms with E-state index in [0.29, 0.717) is 75.0 Å². The van der Waals surface area contributed by atoms with Crippen LogP contribution in [0.3, 0.4) is 0 Å². The highest BCUT2D eigenvalue weighted by molar-refractivity contribution is 6.34. The predicted molar refractivity (Wildman–Crippen MR) is 216 cm³/mol. The standard InChI is InChI=1S/C22H23F3N8.C17H12ClF3N6/c1-13(30-20-18-19(27-11-26-18)28-12-29-20)16-10-14-4-3-5-15(22(23,24)25)17(14)21(31-16)33-8-6-32(2)7-9-33;1-8(26-16-13-15(23-6-22-13)24-7-25-16)11-5-9-3-2-4-10(17(19,20)21)12(9)14(18)27-11/h3-5,10-13H,6-9H2,1-2H3,(H2,26,27,28,29,30);2-8H,1H3,(H2,22,23,24,25,26)/t13-;8-/m00/s1. The molecule has 0 unspecified atom stereocenters. The van der Waals surface area contributed by atoms with Crippen LogP contribution in [0.1, 0.15) is 48.4 Å². The average molecular weight is 849 g/mol. The molecule has 14 nitrogen and oxygen atoms in total. The monoisotopic (exact) mass is 848 g/mol. The molecule has 1 fully saturated rings. The predicted octanol–water partition coefficient (Wildman–Crippen LogP) is 8.59. The molecule has 6 aromatic heterocycles. The smallest absolute Gasteiger partial charge is 0.360 e. The van der Waals surface area contributed by atoms with Crippen LogP contribution in [0.4, 0.5) is 43.8 Å². The molecule has 0 amide bonds. The van der Waals surface area contributed by atoms with Gasteiger partial charge in [-0.15, -0.1) is 0 Å². The molecular formula is C39H35ClF6N14. The van der Waals surface area contributed by atoms with Gasteiger partial charge in [0.1, 0.15) is 34.7 Å². The van der Waals surface area contributed by atoms with E-state index >= 15 is 0 Å². The number of nitrogens with one attached hydrogen (secondary N) is 4. The van der Waals surface area contributed by atoms with Gasteiger partial charge in [-0.25, -0.2) is 39.9 Å². The lowest BCUT2D eigenvalue weighted by atomic mass is 10.0. The SMILES string of the molecule is C[C@H](Nc1ncnc2nc[nH]c12)c1cc2cccc(C(F)(F)F)c2c(Cl)n1.C[C@H](Nc1ncnc2nc[nH]c12)c1cc2cccc(C(F)(F)F)c2c(N2CCN(C)CC2)n1. The van der Waals surface area contributed by atoms with Crippen LogP contribution in [0.5, 0.6) is 0 Å². The lowest BCUT2D eigenvalue weighted by Gasteiger charge is -2.34. The number of benzene rings is 2. The molecule has 310 valence electrons. The lowest BCUT2D eigenvalue weighted by molar-refractivity contribution is -0.137. The maximum Gasteiger partial charge on any atom is 0.417 e. The lowest BCUT2D eigenvalue weighted by Crippen LogP contribution is -2.45. The van der Waals surface area contributed by atoms with Crippen LogP contribution in [0.2, 0.25) is 5.15 Å². The summed E-state index contributed by atoms with van der Waals surface area (Å²) >= 11 is 6.12. The number of piperazine rings is 1. The number of hydrogen-bond acceptors (Lipinski definition) is 12. The molecule has 1 aliphatic rings. The third-order valence-corrected chi connectivity index (χ3v) is 10.4. The number of hydrogen-bond donors (Lipinski definition) is 4. The molecule has 21 heteroatoms. The molecule has 8 aromatic rings. The van der Waals surface area contributed by atoms with Crippen molar-refractivity contribution >= 4 is 72.9 Å². The zero-order valence-electron chi connectivity index (χ0n) is 32.0. The van der Waals surface area contributed by atoms with E-state index in [-0.39, 0.29) is 28.0 Å². The van der Waals surface area contributed by atoms with Crippen molar-refractivity contribution in [2.24, 2.45) is 0 Å². The summed E-state index contributed by atoms with van der Waals surface area (Å²) in [7, 11) is 2.00. The first-order valence-electron chi connectivity index (χ1n) is 18.6. The fraction of sp³-hybridized carbons (Fsp3) is 0.282. The summed E-state index contributed by atoms with van der Waals surface area (Å²) in [6.07, 6.45) is -3.16. The molecule has 0 radical (unpaired) electrons. The molecule has 0 saturated carbocycles.